The summed E-state index contributed by atoms with van der Waals surface area (Å²) >= 11 is 4.01. The number of nitrogens with zero attached hydrogens (tertiary/aromatic N) is 1. The van der Waals surface area contributed by atoms with E-state index in [1.807, 2.05) is 0 Å². The number of benzene rings is 2. The molecule has 0 heterocycles. The Morgan fingerprint density at radius 3 is 1.96 bits per heavy atom. The first-order valence-corrected chi connectivity index (χ1v) is 7.52. The van der Waals surface area contributed by atoms with Crippen molar-refractivity contribution in [3.8, 4) is 0 Å². The lowest BCUT2D eigenvalue weighted by molar-refractivity contribution is -0.763. The van der Waals surface area contributed by atoms with Gasteiger partial charge in [0.15, 0.2) is 0 Å². The highest BCUT2D eigenvalue weighted by Gasteiger charge is 2.00. The number of hydrogen-bond acceptors (Lipinski definition) is 7. The van der Waals surface area contributed by atoms with Crippen LogP contribution >= 0.6 is 12.6 Å². The van der Waals surface area contributed by atoms with Gasteiger partial charge in [0.1, 0.15) is 13.2 Å². The van der Waals surface area contributed by atoms with Gasteiger partial charge in [0.2, 0.25) is 0 Å². The molecular weight excluding hydrogens is 364 g/mol. The number of aromatic carboxylic acids is 1. The predicted octanol–water partition coefficient (Wildman–Crippen LogP) is 2.66. The Morgan fingerprint density at radius 1 is 1.04 bits per heavy atom. The lowest BCUT2D eigenvalue weighted by atomic mass is 10.1. The highest BCUT2D eigenvalue weighted by atomic mass is 32.1. The average molecular weight is 380 g/mol. The third-order valence-electron chi connectivity index (χ3n) is 2.85. The first-order chi connectivity index (χ1) is 12.3. The number of carboxylic acids is 1. The number of primary amides is 1. The summed E-state index contributed by atoms with van der Waals surface area (Å²) in [5.74, 6) is -0.909. The minimum atomic E-state index is -0.909. The maximum Gasteiger partial charge on any atom is 0.404 e. The van der Waals surface area contributed by atoms with Gasteiger partial charge in [0.05, 0.1) is 5.56 Å². The molecule has 138 valence electrons. The van der Waals surface area contributed by atoms with Crippen LogP contribution in [0.1, 0.15) is 21.5 Å². The fourth-order valence-corrected chi connectivity index (χ4v) is 1.77. The molecule has 0 aliphatic rings. The molecule has 9 nitrogen and oxygen atoms in total. The van der Waals surface area contributed by atoms with E-state index < -0.39 is 17.1 Å². The number of ether oxygens (including phenoxy) is 1. The number of nitrogens with two attached hydrogens (primary N) is 1. The highest BCUT2D eigenvalue weighted by molar-refractivity contribution is 7.80. The molecule has 0 fully saturated rings. The van der Waals surface area contributed by atoms with Crippen molar-refractivity contribution in [2.45, 2.75) is 18.1 Å². The van der Waals surface area contributed by atoms with Crippen LogP contribution in [-0.4, -0.2) is 22.3 Å². The van der Waals surface area contributed by atoms with E-state index in [0.29, 0.717) is 5.56 Å². The second-order valence-electron chi connectivity index (χ2n) is 4.77. The van der Waals surface area contributed by atoms with Crippen molar-refractivity contribution in [3.05, 3.63) is 75.3 Å². The van der Waals surface area contributed by atoms with Crippen LogP contribution in [0.3, 0.4) is 0 Å². The van der Waals surface area contributed by atoms with Gasteiger partial charge in [-0.3, -0.25) is 0 Å². The molecule has 0 radical (unpaired) electrons. The Balaban J connectivity index is 0.000000289. The SMILES string of the molecule is NC(=O)OCc1ccc(CO[N+](=O)[O-])cc1.O=C(O)c1ccc(S)cc1. The molecule has 0 unspecified atom stereocenters. The zero-order valence-electron chi connectivity index (χ0n) is 13.4. The molecular formula is C16H16N2O7S. The van der Waals surface area contributed by atoms with Crippen molar-refractivity contribution in [2.24, 2.45) is 5.73 Å². The van der Waals surface area contributed by atoms with Crippen molar-refractivity contribution in [2.75, 3.05) is 0 Å². The van der Waals surface area contributed by atoms with Gasteiger partial charge >= 0.3 is 12.1 Å². The van der Waals surface area contributed by atoms with Crippen LogP contribution in [0.4, 0.5) is 4.79 Å². The topological polar surface area (TPSA) is 142 Å². The number of rotatable bonds is 6. The first kappa shape index (κ1) is 20.8. The van der Waals surface area contributed by atoms with Gasteiger partial charge < -0.3 is 20.4 Å². The maximum absolute atomic E-state index is 10.3. The normalized spacial score (nSPS) is 9.42. The van der Waals surface area contributed by atoms with Gasteiger partial charge in [-0.15, -0.1) is 22.7 Å². The molecule has 26 heavy (non-hydrogen) atoms. The van der Waals surface area contributed by atoms with Crippen molar-refractivity contribution in [1.29, 1.82) is 0 Å². The molecule has 0 atom stereocenters. The standard InChI is InChI=1S/C9H10N2O5.C7H6O2S/c10-9(12)15-5-7-1-3-8(4-2-7)6-16-11(13)14;8-7(9)5-1-3-6(10)4-2-5/h1-4H,5-6H2,(H2,10,12);1-4,10H,(H,8,9). The summed E-state index contributed by atoms with van der Waals surface area (Å²) in [5, 5.41) is 17.5. The molecule has 0 aromatic heterocycles. The minimum absolute atomic E-state index is 0.0751. The van der Waals surface area contributed by atoms with Gasteiger partial charge in [-0.25, -0.2) is 9.59 Å². The quantitative estimate of drug-likeness (QED) is 0.397. The summed E-state index contributed by atoms with van der Waals surface area (Å²) in [6.45, 7) is -0.0321. The van der Waals surface area contributed by atoms with Crippen LogP contribution < -0.4 is 5.73 Å². The number of hydrogen-bond donors (Lipinski definition) is 3. The third kappa shape index (κ3) is 8.55. The van der Waals surface area contributed by atoms with E-state index in [1.54, 1.807) is 36.4 Å². The van der Waals surface area contributed by atoms with Crippen molar-refractivity contribution >= 4 is 24.7 Å². The highest BCUT2D eigenvalue weighted by Crippen LogP contribution is 2.07. The van der Waals surface area contributed by atoms with Crippen LogP contribution in [-0.2, 0) is 22.8 Å². The number of carbonyl (C=O) groups is 2. The first-order valence-electron chi connectivity index (χ1n) is 7.07. The zero-order chi connectivity index (χ0) is 19.5. The largest absolute Gasteiger partial charge is 0.478 e. The summed E-state index contributed by atoms with van der Waals surface area (Å²) in [6.07, 6.45) is -0.847. The van der Waals surface area contributed by atoms with Gasteiger partial charge in [0.25, 0.3) is 5.09 Å². The minimum Gasteiger partial charge on any atom is -0.478 e. The molecule has 0 aliphatic heterocycles. The van der Waals surface area contributed by atoms with E-state index in [-0.39, 0.29) is 18.8 Å². The van der Waals surface area contributed by atoms with E-state index >= 15 is 0 Å². The van der Waals surface area contributed by atoms with Gasteiger partial charge in [-0.2, -0.15) is 0 Å². The van der Waals surface area contributed by atoms with Gasteiger partial charge in [-0.1, -0.05) is 24.3 Å². The molecule has 1 amide bonds. The number of carbonyl (C=O) groups excluding carboxylic acids is 1. The predicted molar refractivity (Wildman–Crippen MR) is 93.3 cm³/mol. The van der Waals surface area contributed by atoms with E-state index in [1.165, 1.54) is 12.1 Å². The van der Waals surface area contributed by atoms with E-state index in [0.717, 1.165) is 10.5 Å². The monoisotopic (exact) mass is 380 g/mol. The lowest BCUT2D eigenvalue weighted by Crippen LogP contribution is -2.12. The number of thiol groups is 1. The molecule has 2 aromatic rings. The van der Waals surface area contributed by atoms with E-state index in [2.05, 4.69) is 22.2 Å². The molecule has 2 aromatic carbocycles. The van der Waals surface area contributed by atoms with Crippen LogP contribution in [0.25, 0.3) is 0 Å². The molecule has 0 bridgehead atoms. The molecule has 0 saturated heterocycles. The fourth-order valence-electron chi connectivity index (χ4n) is 1.62. The third-order valence-corrected chi connectivity index (χ3v) is 3.15. The lowest BCUT2D eigenvalue weighted by Gasteiger charge is -2.03. The zero-order valence-corrected chi connectivity index (χ0v) is 14.3. The maximum atomic E-state index is 10.3. The summed E-state index contributed by atoms with van der Waals surface area (Å²) in [4.78, 5) is 35.5. The summed E-state index contributed by atoms with van der Waals surface area (Å²) < 4.78 is 4.57. The van der Waals surface area contributed by atoms with E-state index in [9.17, 15) is 19.7 Å². The Labute approximate surface area is 153 Å². The average Bonchev–Trinajstić information content (AvgIpc) is 2.60. The van der Waals surface area contributed by atoms with Gasteiger partial charge in [0, 0.05) is 4.90 Å². The Hall–Kier alpha value is -3.27. The number of amides is 1. The fraction of sp³-hybridized carbons (Fsp3) is 0.125. The Kier molecular flexibility index (Phi) is 8.44. The van der Waals surface area contributed by atoms with Crippen molar-refractivity contribution in [3.63, 3.8) is 0 Å². The van der Waals surface area contributed by atoms with Crippen LogP contribution in [0.5, 0.6) is 0 Å². The van der Waals surface area contributed by atoms with Crippen molar-refractivity contribution in [1.82, 2.24) is 0 Å². The molecule has 0 saturated carbocycles. The second-order valence-corrected chi connectivity index (χ2v) is 5.29. The molecule has 2 rings (SSSR count). The molecule has 10 heteroatoms. The van der Waals surface area contributed by atoms with Crippen molar-refractivity contribution < 1.29 is 29.4 Å². The smallest absolute Gasteiger partial charge is 0.404 e. The van der Waals surface area contributed by atoms with E-state index in [4.69, 9.17) is 10.8 Å². The van der Waals surface area contributed by atoms with Crippen LogP contribution in [0.15, 0.2) is 53.4 Å². The summed E-state index contributed by atoms with van der Waals surface area (Å²) in [7, 11) is 0. The molecule has 0 aliphatic carbocycles. The molecule has 0 spiro atoms. The molecule has 3 N–H and O–H groups in total. The second kappa shape index (κ2) is 10.6. The summed E-state index contributed by atoms with van der Waals surface area (Å²) in [5.41, 5.74) is 6.48. The summed E-state index contributed by atoms with van der Waals surface area (Å²) in [6, 6.07) is 12.9. The van der Waals surface area contributed by atoms with Crippen LogP contribution in [0.2, 0.25) is 0 Å². The van der Waals surface area contributed by atoms with Gasteiger partial charge in [-0.05, 0) is 35.4 Å². The Bertz CT molecular complexity index is 711. The number of carboxylic acid groups (broad SMARTS) is 1. The Morgan fingerprint density at radius 2 is 1.54 bits per heavy atom. The van der Waals surface area contributed by atoms with Crippen LogP contribution in [0, 0.1) is 10.1 Å².